The van der Waals surface area contributed by atoms with Gasteiger partial charge in [-0.15, -0.1) is 0 Å². The molecule has 35 heavy (non-hydrogen) atoms. The Hall–Kier alpha value is -3.75. The van der Waals surface area contributed by atoms with Crippen LogP contribution in [0.1, 0.15) is 5.56 Å². The van der Waals surface area contributed by atoms with Crippen molar-refractivity contribution in [1.29, 1.82) is 0 Å². The monoisotopic (exact) mass is 548 g/mol. The van der Waals surface area contributed by atoms with E-state index in [1.54, 1.807) is 42.5 Å². The van der Waals surface area contributed by atoms with Gasteiger partial charge in [0.1, 0.15) is 12.2 Å². The summed E-state index contributed by atoms with van der Waals surface area (Å²) in [6.07, 6.45) is 3.16. The number of rotatable bonds is 7. The Bertz CT molecular complexity index is 1260. The molecule has 176 valence electrons. The van der Waals surface area contributed by atoms with Crippen LogP contribution >= 0.6 is 28.1 Å². The standard InChI is InChI=1S/C27H21BrN2O4S/c1-3-14-34-24-22(28)16-18(17-23(24)33-2)15-21-25(31)29(19-10-6-4-7-11-19)27(35)30(26(21)32)20-12-8-5-9-13-20/h3-13,15-17H,1,14H2,2H3. The third kappa shape index (κ3) is 4.89. The number of benzene rings is 3. The number of hydrogen-bond donors (Lipinski definition) is 0. The highest BCUT2D eigenvalue weighted by molar-refractivity contribution is 9.10. The molecule has 1 aliphatic heterocycles. The fourth-order valence-corrected chi connectivity index (χ4v) is 4.56. The van der Waals surface area contributed by atoms with Gasteiger partial charge >= 0.3 is 0 Å². The van der Waals surface area contributed by atoms with E-state index < -0.39 is 11.8 Å². The Morgan fingerprint density at radius 3 is 1.97 bits per heavy atom. The first-order valence-electron chi connectivity index (χ1n) is 10.6. The topological polar surface area (TPSA) is 59.1 Å². The average molecular weight is 549 g/mol. The summed E-state index contributed by atoms with van der Waals surface area (Å²) in [6.45, 7) is 3.95. The molecule has 4 rings (SSSR count). The van der Waals surface area contributed by atoms with Gasteiger partial charge in [-0.3, -0.25) is 19.4 Å². The number of carbonyl (C=O) groups is 2. The highest BCUT2D eigenvalue weighted by Gasteiger charge is 2.41. The Morgan fingerprint density at radius 2 is 1.49 bits per heavy atom. The molecule has 0 unspecified atom stereocenters. The predicted octanol–water partition coefficient (Wildman–Crippen LogP) is 5.77. The first-order valence-corrected chi connectivity index (χ1v) is 11.8. The lowest BCUT2D eigenvalue weighted by molar-refractivity contribution is -0.120. The van der Waals surface area contributed by atoms with Gasteiger partial charge < -0.3 is 9.47 Å². The second kappa shape index (κ2) is 10.7. The molecule has 1 saturated heterocycles. The highest BCUT2D eigenvalue weighted by Crippen LogP contribution is 2.38. The summed E-state index contributed by atoms with van der Waals surface area (Å²) in [5.74, 6) is -0.0890. The van der Waals surface area contributed by atoms with Crippen molar-refractivity contribution in [3.63, 3.8) is 0 Å². The number of thiocarbonyl (C=S) groups is 1. The van der Waals surface area contributed by atoms with E-state index in [9.17, 15) is 9.59 Å². The van der Waals surface area contributed by atoms with E-state index in [4.69, 9.17) is 21.7 Å². The SMILES string of the molecule is C=CCOc1c(Br)cc(C=C2C(=O)N(c3ccccc3)C(=S)N(c3ccccc3)C2=O)cc1OC. The van der Waals surface area contributed by atoms with E-state index in [-0.39, 0.29) is 10.7 Å². The summed E-state index contributed by atoms with van der Waals surface area (Å²) in [4.78, 5) is 30.0. The molecular weight excluding hydrogens is 528 g/mol. The lowest BCUT2D eigenvalue weighted by Gasteiger charge is -2.36. The summed E-state index contributed by atoms with van der Waals surface area (Å²) >= 11 is 9.12. The lowest BCUT2D eigenvalue weighted by atomic mass is 10.0. The van der Waals surface area contributed by atoms with Crippen LogP contribution in [-0.4, -0.2) is 30.6 Å². The normalized spacial score (nSPS) is 13.7. The molecule has 0 bridgehead atoms. The molecule has 6 nitrogen and oxygen atoms in total. The van der Waals surface area contributed by atoms with Crippen molar-refractivity contribution in [2.45, 2.75) is 0 Å². The summed E-state index contributed by atoms with van der Waals surface area (Å²) in [7, 11) is 1.52. The summed E-state index contributed by atoms with van der Waals surface area (Å²) in [6, 6.07) is 21.4. The first-order chi connectivity index (χ1) is 17.0. The number of halogens is 1. The number of ether oxygens (including phenoxy) is 2. The minimum Gasteiger partial charge on any atom is -0.493 e. The predicted molar refractivity (Wildman–Crippen MR) is 145 cm³/mol. The zero-order chi connectivity index (χ0) is 24.9. The van der Waals surface area contributed by atoms with E-state index in [0.29, 0.717) is 39.5 Å². The van der Waals surface area contributed by atoms with Crippen molar-refractivity contribution < 1.29 is 19.1 Å². The van der Waals surface area contributed by atoms with Crippen molar-refractivity contribution in [2.24, 2.45) is 0 Å². The van der Waals surface area contributed by atoms with E-state index in [2.05, 4.69) is 22.5 Å². The lowest BCUT2D eigenvalue weighted by Crippen LogP contribution is -2.56. The van der Waals surface area contributed by atoms with Gasteiger partial charge in [-0.25, -0.2) is 0 Å². The molecular formula is C27H21BrN2O4S. The number of nitrogens with zero attached hydrogens (tertiary/aromatic N) is 2. The van der Waals surface area contributed by atoms with Crippen LogP contribution in [0.3, 0.4) is 0 Å². The third-order valence-electron chi connectivity index (χ3n) is 5.19. The van der Waals surface area contributed by atoms with Crippen LogP contribution in [0.25, 0.3) is 6.08 Å². The van der Waals surface area contributed by atoms with Gasteiger partial charge in [-0.05, 0) is 76.2 Å². The second-order valence-corrected chi connectivity index (χ2v) is 8.65. The second-order valence-electron chi connectivity index (χ2n) is 7.43. The fraction of sp³-hybridized carbons (Fsp3) is 0.0741. The molecule has 1 fully saturated rings. The first kappa shape index (κ1) is 24.4. The fourth-order valence-electron chi connectivity index (χ4n) is 3.61. The van der Waals surface area contributed by atoms with Crippen LogP contribution in [0, 0.1) is 0 Å². The minimum absolute atomic E-state index is 0.0416. The molecule has 1 aliphatic rings. The molecule has 0 aromatic heterocycles. The highest BCUT2D eigenvalue weighted by atomic mass is 79.9. The van der Waals surface area contributed by atoms with E-state index >= 15 is 0 Å². The van der Waals surface area contributed by atoms with E-state index in [1.807, 2.05) is 36.4 Å². The van der Waals surface area contributed by atoms with Gasteiger partial charge in [0.05, 0.1) is 23.0 Å². The molecule has 0 radical (unpaired) electrons. The summed E-state index contributed by atoms with van der Waals surface area (Å²) in [5.41, 5.74) is 1.66. The van der Waals surface area contributed by atoms with Gasteiger partial charge in [0.15, 0.2) is 16.6 Å². The third-order valence-corrected chi connectivity index (χ3v) is 6.14. The van der Waals surface area contributed by atoms with E-state index in [1.165, 1.54) is 23.0 Å². The zero-order valence-electron chi connectivity index (χ0n) is 18.8. The quantitative estimate of drug-likeness (QED) is 0.162. The Morgan fingerprint density at radius 1 is 0.943 bits per heavy atom. The van der Waals surface area contributed by atoms with Crippen molar-refractivity contribution in [3.05, 3.63) is 101 Å². The molecule has 8 heteroatoms. The molecule has 0 atom stereocenters. The smallest absolute Gasteiger partial charge is 0.270 e. The van der Waals surface area contributed by atoms with Crippen molar-refractivity contribution in [3.8, 4) is 11.5 Å². The minimum atomic E-state index is -0.513. The number of carbonyl (C=O) groups excluding carboxylic acids is 2. The van der Waals surface area contributed by atoms with Crippen LogP contribution in [0.15, 0.2) is 95.5 Å². The van der Waals surface area contributed by atoms with Gasteiger partial charge in [-0.1, -0.05) is 49.1 Å². The zero-order valence-corrected chi connectivity index (χ0v) is 21.2. The maximum Gasteiger partial charge on any atom is 0.270 e. The van der Waals surface area contributed by atoms with Crippen molar-refractivity contribution in [1.82, 2.24) is 0 Å². The average Bonchev–Trinajstić information content (AvgIpc) is 2.87. The van der Waals surface area contributed by atoms with Gasteiger partial charge in [0, 0.05) is 0 Å². The largest absolute Gasteiger partial charge is 0.493 e. The molecule has 2 amide bonds. The van der Waals surface area contributed by atoms with Gasteiger partial charge in [0.25, 0.3) is 11.8 Å². The Balaban J connectivity index is 1.84. The molecule has 0 N–H and O–H groups in total. The molecule has 0 aliphatic carbocycles. The van der Waals surface area contributed by atoms with E-state index in [0.717, 1.165) is 0 Å². The van der Waals surface area contributed by atoms with Crippen LogP contribution in [0.4, 0.5) is 11.4 Å². The molecule has 3 aromatic carbocycles. The van der Waals surface area contributed by atoms with Crippen LogP contribution in [0.5, 0.6) is 11.5 Å². The van der Waals surface area contributed by atoms with Crippen molar-refractivity contribution >= 4 is 62.5 Å². The maximum atomic E-state index is 13.6. The number of amides is 2. The van der Waals surface area contributed by atoms with Gasteiger partial charge in [0.2, 0.25) is 0 Å². The Labute approximate surface area is 217 Å². The van der Waals surface area contributed by atoms with Gasteiger partial charge in [-0.2, -0.15) is 0 Å². The Kier molecular flexibility index (Phi) is 7.43. The molecule has 1 heterocycles. The van der Waals surface area contributed by atoms with Crippen LogP contribution in [-0.2, 0) is 9.59 Å². The maximum absolute atomic E-state index is 13.6. The van der Waals surface area contributed by atoms with Crippen LogP contribution < -0.4 is 19.3 Å². The number of anilines is 2. The molecule has 0 saturated carbocycles. The number of methoxy groups -OCH3 is 1. The number of hydrogen-bond acceptors (Lipinski definition) is 5. The molecule has 0 spiro atoms. The summed E-state index contributed by atoms with van der Waals surface area (Å²) < 4.78 is 11.8. The summed E-state index contributed by atoms with van der Waals surface area (Å²) in [5, 5.41) is 0.0847. The number of para-hydroxylation sites is 2. The van der Waals surface area contributed by atoms with Crippen molar-refractivity contribution in [2.75, 3.05) is 23.5 Å². The van der Waals surface area contributed by atoms with Crippen LogP contribution in [0.2, 0.25) is 0 Å². The molecule has 3 aromatic rings.